The van der Waals surface area contributed by atoms with Crippen molar-refractivity contribution in [1.82, 2.24) is 10.2 Å². The van der Waals surface area contributed by atoms with Crippen LogP contribution in [0, 0.1) is 11.3 Å². The van der Waals surface area contributed by atoms with Gasteiger partial charge in [-0.25, -0.2) is 4.79 Å². The smallest absolute Gasteiger partial charge is 0.407 e. The Hall–Kier alpha value is -3.35. The summed E-state index contributed by atoms with van der Waals surface area (Å²) in [5.74, 6) is -1.81. The van der Waals surface area contributed by atoms with Gasteiger partial charge >= 0.3 is 12.1 Å². The maximum atomic E-state index is 12.9. The molecule has 168 valence electrons. The summed E-state index contributed by atoms with van der Waals surface area (Å²) in [6.45, 7) is 6.05. The first-order chi connectivity index (χ1) is 15.2. The molecule has 2 N–H and O–H groups in total. The third kappa shape index (κ3) is 4.07. The van der Waals surface area contributed by atoms with Crippen LogP contribution < -0.4 is 5.32 Å². The summed E-state index contributed by atoms with van der Waals surface area (Å²) in [4.78, 5) is 38.1. The van der Waals surface area contributed by atoms with Crippen molar-refractivity contribution >= 4 is 18.0 Å². The highest BCUT2D eigenvalue weighted by Gasteiger charge is 2.42. The molecule has 2 aliphatic rings. The van der Waals surface area contributed by atoms with Crippen LogP contribution in [-0.2, 0) is 14.3 Å². The third-order valence-corrected chi connectivity index (χ3v) is 6.26. The maximum Gasteiger partial charge on any atom is 0.407 e. The Morgan fingerprint density at radius 3 is 2.06 bits per heavy atom. The number of amides is 2. The van der Waals surface area contributed by atoms with Gasteiger partial charge in [0.2, 0.25) is 5.91 Å². The van der Waals surface area contributed by atoms with Crippen molar-refractivity contribution in [2.75, 3.05) is 19.7 Å². The molecule has 0 aromatic heterocycles. The van der Waals surface area contributed by atoms with E-state index in [0.717, 1.165) is 22.3 Å². The molecular weight excluding hydrogens is 408 g/mol. The first kappa shape index (κ1) is 21.9. The van der Waals surface area contributed by atoms with Gasteiger partial charge in [-0.1, -0.05) is 69.3 Å². The summed E-state index contributed by atoms with van der Waals surface area (Å²) in [6, 6.07) is 15.4. The highest BCUT2D eigenvalue weighted by Crippen LogP contribution is 2.44. The maximum absolute atomic E-state index is 12.9. The zero-order valence-corrected chi connectivity index (χ0v) is 18.5. The lowest BCUT2D eigenvalue weighted by molar-refractivity contribution is -0.154. The summed E-state index contributed by atoms with van der Waals surface area (Å²) >= 11 is 0. The molecule has 2 aromatic rings. The quantitative estimate of drug-likeness (QED) is 0.748. The monoisotopic (exact) mass is 436 g/mol. The minimum absolute atomic E-state index is 0.0661. The van der Waals surface area contributed by atoms with Crippen LogP contribution in [0.3, 0.4) is 0 Å². The van der Waals surface area contributed by atoms with Crippen molar-refractivity contribution in [3.63, 3.8) is 0 Å². The van der Waals surface area contributed by atoms with E-state index in [-0.39, 0.29) is 31.5 Å². The van der Waals surface area contributed by atoms with Gasteiger partial charge in [0.1, 0.15) is 12.6 Å². The van der Waals surface area contributed by atoms with Gasteiger partial charge in [0.05, 0.1) is 5.92 Å². The molecule has 1 aliphatic heterocycles. The molecule has 7 nitrogen and oxygen atoms in total. The van der Waals surface area contributed by atoms with Crippen LogP contribution in [0.4, 0.5) is 4.79 Å². The Morgan fingerprint density at radius 1 is 1.03 bits per heavy atom. The van der Waals surface area contributed by atoms with Crippen molar-refractivity contribution in [3.05, 3.63) is 59.7 Å². The molecule has 0 unspecified atom stereocenters. The van der Waals surface area contributed by atoms with Crippen molar-refractivity contribution in [3.8, 4) is 11.1 Å². The molecule has 7 heteroatoms. The van der Waals surface area contributed by atoms with E-state index in [2.05, 4.69) is 17.4 Å². The van der Waals surface area contributed by atoms with Crippen molar-refractivity contribution in [2.24, 2.45) is 11.3 Å². The number of carboxylic acids is 1. The van der Waals surface area contributed by atoms with Crippen LogP contribution in [-0.4, -0.2) is 53.7 Å². The van der Waals surface area contributed by atoms with Gasteiger partial charge in [0.15, 0.2) is 0 Å². The van der Waals surface area contributed by atoms with E-state index < -0.39 is 29.4 Å². The van der Waals surface area contributed by atoms with Gasteiger partial charge < -0.3 is 20.1 Å². The van der Waals surface area contributed by atoms with E-state index >= 15 is 0 Å². The molecule has 0 saturated carbocycles. The van der Waals surface area contributed by atoms with E-state index in [1.54, 1.807) is 0 Å². The first-order valence-corrected chi connectivity index (χ1v) is 10.8. The lowest BCUT2D eigenvalue weighted by Crippen LogP contribution is -2.61. The molecule has 1 fully saturated rings. The predicted molar refractivity (Wildman–Crippen MR) is 119 cm³/mol. The minimum atomic E-state index is -0.911. The zero-order chi connectivity index (χ0) is 23.0. The average molecular weight is 437 g/mol. The lowest BCUT2D eigenvalue weighted by Gasteiger charge is -2.41. The van der Waals surface area contributed by atoms with E-state index in [1.165, 1.54) is 4.90 Å². The Bertz CT molecular complexity index is 1010. The number of carboxylic acid groups (broad SMARTS) is 1. The SMILES string of the molecule is CC(C)(C)[C@@H](NC(=O)OCC1c2ccccc2-c2ccccc21)C(=O)N1CC(C(=O)O)C1. The molecular formula is C25H28N2O5. The molecule has 1 heterocycles. The number of fused-ring (bicyclic) bond motifs is 3. The number of hydrogen-bond acceptors (Lipinski definition) is 4. The summed E-state index contributed by atoms with van der Waals surface area (Å²) < 4.78 is 5.59. The molecule has 32 heavy (non-hydrogen) atoms. The van der Waals surface area contributed by atoms with Crippen LogP contribution in [0.2, 0.25) is 0 Å². The largest absolute Gasteiger partial charge is 0.481 e. The van der Waals surface area contributed by atoms with E-state index in [4.69, 9.17) is 9.84 Å². The van der Waals surface area contributed by atoms with Gasteiger partial charge in [-0.2, -0.15) is 0 Å². The number of nitrogens with one attached hydrogen (secondary N) is 1. The Morgan fingerprint density at radius 2 is 1.56 bits per heavy atom. The zero-order valence-electron chi connectivity index (χ0n) is 18.5. The molecule has 4 rings (SSSR count). The number of likely N-dealkylation sites (tertiary alicyclic amines) is 1. The van der Waals surface area contributed by atoms with Crippen molar-refractivity contribution in [2.45, 2.75) is 32.7 Å². The predicted octanol–water partition coefficient (Wildman–Crippen LogP) is 3.48. The van der Waals surface area contributed by atoms with E-state index in [0.29, 0.717) is 0 Å². The molecule has 1 atom stereocenters. The topological polar surface area (TPSA) is 95.9 Å². The molecule has 0 spiro atoms. The molecule has 2 aromatic carbocycles. The summed E-state index contributed by atoms with van der Waals surface area (Å²) in [7, 11) is 0. The summed E-state index contributed by atoms with van der Waals surface area (Å²) in [5, 5.41) is 11.8. The highest BCUT2D eigenvalue weighted by atomic mass is 16.5. The van der Waals surface area contributed by atoms with E-state index in [9.17, 15) is 14.4 Å². The molecule has 2 amide bonds. The van der Waals surface area contributed by atoms with Crippen LogP contribution in [0.25, 0.3) is 11.1 Å². The van der Waals surface area contributed by atoms with Crippen LogP contribution >= 0.6 is 0 Å². The number of carbonyl (C=O) groups excluding carboxylic acids is 2. The molecule has 0 radical (unpaired) electrons. The minimum Gasteiger partial charge on any atom is -0.481 e. The second-order valence-corrected chi connectivity index (χ2v) is 9.55. The van der Waals surface area contributed by atoms with Gasteiger partial charge in [-0.3, -0.25) is 9.59 Å². The number of benzene rings is 2. The van der Waals surface area contributed by atoms with Crippen molar-refractivity contribution < 1.29 is 24.2 Å². The fourth-order valence-electron chi connectivity index (χ4n) is 4.40. The summed E-state index contributed by atoms with van der Waals surface area (Å²) in [6.07, 6.45) is -0.657. The second-order valence-electron chi connectivity index (χ2n) is 9.55. The number of nitrogens with zero attached hydrogens (tertiary/aromatic N) is 1. The summed E-state index contributed by atoms with van der Waals surface area (Å²) in [5.41, 5.74) is 3.96. The first-order valence-electron chi connectivity index (χ1n) is 10.8. The number of aliphatic carboxylic acids is 1. The number of carbonyl (C=O) groups is 3. The van der Waals surface area contributed by atoms with Crippen LogP contribution in [0.15, 0.2) is 48.5 Å². The van der Waals surface area contributed by atoms with Gasteiger partial charge in [-0.15, -0.1) is 0 Å². The number of hydrogen-bond donors (Lipinski definition) is 2. The third-order valence-electron chi connectivity index (χ3n) is 6.26. The Balaban J connectivity index is 1.42. The molecule has 1 aliphatic carbocycles. The Kier molecular flexibility index (Phi) is 5.67. The van der Waals surface area contributed by atoms with Gasteiger partial charge in [0.25, 0.3) is 0 Å². The number of alkyl carbamates (subject to hydrolysis) is 1. The van der Waals surface area contributed by atoms with Gasteiger partial charge in [-0.05, 0) is 27.7 Å². The molecule has 1 saturated heterocycles. The fourth-order valence-corrected chi connectivity index (χ4v) is 4.40. The standard InChI is InChI=1S/C25H28N2O5/c1-25(2,3)21(22(28)27-12-15(13-27)23(29)30)26-24(31)32-14-20-18-10-6-4-8-16(18)17-9-5-7-11-19(17)20/h4-11,15,20-21H,12-14H2,1-3H3,(H,26,31)(H,29,30)/t21-/m0/s1. The van der Waals surface area contributed by atoms with Crippen molar-refractivity contribution in [1.29, 1.82) is 0 Å². The van der Waals surface area contributed by atoms with Crippen LogP contribution in [0.1, 0.15) is 37.8 Å². The highest BCUT2D eigenvalue weighted by molar-refractivity contribution is 5.88. The normalized spacial score (nSPS) is 16.5. The number of rotatable bonds is 5. The lowest BCUT2D eigenvalue weighted by atomic mass is 9.84. The molecule has 0 bridgehead atoms. The number of ether oxygens (including phenoxy) is 1. The van der Waals surface area contributed by atoms with E-state index in [1.807, 2.05) is 57.2 Å². The fraction of sp³-hybridized carbons (Fsp3) is 0.400. The van der Waals surface area contributed by atoms with Gasteiger partial charge in [0, 0.05) is 19.0 Å². The Labute approximate surface area is 187 Å². The second kappa shape index (κ2) is 8.30. The van der Waals surface area contributed by atoms with Crippen LogP contribution in [0.5, 0.6) is 0 Å². The average Bonchev–Trinajstić information content (AvgIpc) is 3.02.